The Morgan fingerprint density at radius 2 is 2.00 bits per heavy atom. The van der Waals surface area contributed by atoms with Crippen molar-refractivity contribution < 1.29 is 28.9 Å². The molecule has 1 unspecified atom stereocenters. The lowest BCUT2D eigenvalue weighted by molar-refractivity contribution is -0.140. The standard InChI is InChI=1S/C17H18O7/c1-22-9-12-7-14(19)16(21)17(24-12)13(8-15(20)23-2)10-4-3-5-11(18)6-10/h3-7,13,18,21H,8-9H2,1-2H3. The summed E-state index contributed by atoms with van der Waals surface area (Å²) in [5.74, 6) is -1.82. The van der Waals surface area contributed by atoms with Gasteiger partial charge in [0.1, 0.15) is 18.1 Å². The van der Waals surface area contributed by atoms with Gasteiger partial charge in [-0.25, -0.2) is 0 Å². The highest BCUT2D eigenvalue weighted by molar-refractivity contribution is 5.71. The average molecular weight is 334 g/mol. The molecule has 0 saturated carbocycles. The molecule has 7 heteroatoms. The fourth-order valence-electron chi connectivity index (χ4n) is 2.36. The van der Waals surface area contributed by atoms with Crippen molar-refractivity contribution in [3.63, 3.8) is 0 Å². The molecule has 1 atom stereocenters. The molecule has 0 saturated heterocycles. The normalized spacial score (nSPS) is 11.9. The van der Waals surface area contributed by atoms with Gasteiger partial charge in [-0.3, -0.25) is 9.59 Å². The van der Waals surface area contributed by atoms with Crippen LogP contribution in [0.3, 0.4) is 0 Å². The third-order valence-electron chi connectivity index (χ3n) is 3.47. The van der Waals surface area contributed by atoms with Crippen LogP contribution in [0, 0.1) is 0 Å². The summed E-state index contributed by atoms with van der Waals surface area (Å²) in [5.41, 5.74) is -0.147. The van der Waals surface area contributed by atoms with E-state index in [2.05, 4.69) is 4.74 Å². The van der Waals surface area contributed by atoms with Crippen LogP contribution in [0.2, 0.25) is 0 Å². The van der Waals surface area contributed by atoms with Crippen LogP contribution in [0.5, 0.6) is 11.5 Å². The number of methoxy groups -OCH3 is 2. The molecule has 24 heavy (non-hydrogen) atoms. The van der Waals surface area contributed by atoms with Crippen LogP contribution in [0.4, 0.5) is 0 Å². The van der Waals surface area contributed by atoms with E-state index in [-0.39, 0.29) is 30.3 Å². The van der Waals surface area contributed by atoms with Gasteiger partial charge < -0.3 is 24.1 Å². The maximum absolute atomic E-state index is 12.0. The maximum Gasteiger partial charge on any atom is 0.306 e. The third-order valence-corrected chi connectivity index (χ3v) is 3.47. The Morgan fingerprint density at radius 3 is 2.62 bits per heavy atom. The van der Waals surface area contributed by atoms with Gasteiger partial charge in [-0.1, -0.05) is 12.1 Å². The van der Waals surface area contributed by atoms with Crippen LogP contribution in [0.15, 0.2) is 39.5 Å². The van der Waals surface area contributed by atoms with E-state index in [9.17, 15) is 19.8 Å². The van der Waals surface area contributed by atoms with E-state index < -0.39 is 23.1 Å². The Morgan fingerprint density at radius 1 is 1.25 bits per heavy atom. The second-order valence-electron chi connectivity index (χ2n) is 5.15. The molecule has 0 fully saturated rings. The first-order valence-electron chi connectivity index (χ1n) is 7.16. The van der Waals surface area contributed by atoms with Crippen LogP contribution >= 0.6 is 0 Å². The highest BCUT2D eigenvalue weighted by atomic mass is 16.5. The molecule has 0 amide bonds. The summed E-state index contributed by atoms with van der Waals surface area (Å²) >= 11 is 0. The average Bonchev–Trinajstić information content (AvgIpc) is 2.56. The van der Waals surface area contributed by atoms with Crippen molar-refractivity contribution in [2.24, 2.45) is 0 Å². The van der Waals surface area contributed by atoms with Crippen LogP contribution in [0.1, 0.15) is 29.4 Å². The number of esters is 1. The van der Waals surface area contributed by atoms with E-state index >= 15 is 0 Å². The number of carbonyl (C=O) groups is 1. The lowest BCUT2D eigenvalue weighted by atomic mass is 9.92. The number of hydrogen-bond acceptors (Lipinski definition) is 7. The van der Waals surface area contributed by atoms with Gasteiger partial charge in [0.2, 0.25) is 11.2 Å². The molecule has 0 spiro atoms. The minimum absolute atomic E-state index is 0.0164. The number of carbonyl (C=O) groups excluding carboxylic acids is 1. The topological polar surface area (TPSA) is 106 Å². The van der Waals surface area contributed by atoms with Crippen molar-refractivity contribution in [1.29, 1.82) is 0 Å². The van der Waals surface area contributed by atoms with Crippen molar-refractivity contribution in [2.45, 2.75) is 18.9 Å². The van der Waals surface area contributed by atoms with Gasteiger partial charge in [-0.15, -0.1) is 0 Å². The minimum Gasteiger partial charge on any atom is -0.508 e. The smallest absolute Gasteiger partial charge is 0.306 e. The predicted octanol–water partition coefficient (Wildman–Crippen LogP) is 1.89. The summed E-state index contributed by atoms with van der Waals surface area (Å²) < 4.78 is 15.2. The summed E-state index contributed by atoms with van der Waals surface area (Å²) in [4.78, 5) is 23.7. The monoisotopic (exact) mass is 334 g/mol. The van der Waals surface area contributed by atoms with Crippen molar-refractivity contribution in [3.05, 3.63) is 57.6 Å². The number of phenolic OH excluding ortho intramolecular Hbond substituents is 1. The molecule has 2 N–H and O–H groups in total. The fraction of sp³-hybridized carbons (Fsp3) is 0.294. The second kappa shape index (κ2) is 7.65. The van der Waals surface area contributed by atoms with Crippen LogP contribution in [-0.2, 0) is 20.9 Å². The van der Waals surface area contributed by atoms with Crippen molar-refractivity contribution in [1.82, 2.24) is 0 Å². The predicted molar refractivity (Wildman–Crippen MR) is 83.9 cm³/mol. The van der Waals surface area contributed by atoms with E-state index in [4.69, 9.17) is 9.15 Å². The van der Waals surface area contributed by atoms with Crippen molar-refractivity contribution >= 4 is 5.97 Å². The zero-order chi connectivity index (χ0) is 17.7. The van der Waals surface area contributed by atoms with Crippen LogP contribution in [-0.4, -0.2) is 30.4 Å². The quantitative estimate of drug-likeness (QED) is 0.777. The Labute approximate surface area is 138 Å². The highest BCUT2D eigenvalue weighted by Crippen LogP contribution is 2.34. The summed E-state index contributed by atoms with van der Waals surface area (Å²) in [6.07, 6.45) is -0.174. The lowest BCUT2D eigenvalue weighted by Gasteiger charge is -2.17. The number of ether oxygens (including phenoxy) is 2. The first-order chi connectivity index (χ1) is 11.5. The highest BCUT2D eigenvalue weighted by Gasteiger charge is 2.26. The van der Waals surface area contributed by atoms with Crippen LogP contribution in [0.25, 0.3) is 0 Å². The van der Waals surface area contributed by atoms with Gasteiger partial charge >= 0.3 is 5.97 Å². The Balaban J connectivity index is 2.58. The molecule has 0 bridgehead atoms. The van der Waals surface area contributed by atoms with E-state index in [0.717, 1.165) is 6.07 Å². The molecule has 0 radical (unpaired) electrons. The van der Waals surface area contributed by atoms with E-state index in [0.29, 0.717) is 5.56 Å². The van der Waals surface area contributed by atoms with Gasteiger partial charge in [0.25, 0.3) is 0 Å². The zero-order valence-electron chi connectivity index (χ0n) is 13.3. The van der Waals surface area contributed by atoms with Gasteiger partial charge in [-0.2, -0.15) is 0 Å². The Kier molecular flexibility index (Phi) is 5.59. The van der Waals surface area contributed by atoms with Crippen LogP contribution < -0.4 is 5.43 Å². The first-order valence-corrected chi connectivity index (χ1v) is 7.16. The molecular weight excluding hydrogens is 316 g/mol. The van der Waals surface area contributed by atoms with E-state index in [1.54, 1.807) is 12.1 Å². The minimum atomic E-state index is -0.797. The molecule has 2 aromatic rings. The molecule has 0 aliphatic heterocycles. The van der Waals surface area contributed by atoms with Crippen molar-refractivity contribution in [3.8, 4) is 11.5 Å². The molecule has 128 valence electrons. The number of rotatable bonds is 6. The first kappa shape index (κ1) is 17.6. The maximum atomic E-state index is 12.0. The number of benzene rings is 1. The summed E-state index contributed by atoms with van der Waals surface area (Å²) in [7, 11) is 2.67. The van der Waals surface area contributed by atoms with E-state index in [1.165, 1.54) is 26.4 Å². The van der Waals surface area contributed by atoms with Gasteiger partial charge in [0.05, 0.1) is 19.4 Å². The largest absolute Gasteiger partial charge is 0.508 e. The van der Waals surface area contributed by atoms with Gasteiger partial charge in [-0.05, 0) is 17.7 Å². The number of hydrogen-bond donors (Lipinski definition) is 2. The van der Waals surface area contributed by atoms with Gasteiger partial charge in [0, 0.05) is 13.2 Å². The van der Waals surface area contributed by atoms with Crippen molar-refractivity contribution in [2.75, 3.05) is 14.2 Å². The molecule has 0 aliphatic carbocycles. The number of aromatic hydroxyl groups is 2. The fourth-order valence-corrected chi connectivity index (χ4v) is 2.36. The number of phenols is 1. The third kappa shape index (κ3) is 3.94. The molecule has 7 nitrogen and oxygen atoms in total. The zero-order valence-corrected chi connectivity index (χ0v) is 13.3. The molecular formula is C17H18O7. The Bertz CT molecular complexity index is 779. The summed E-state index contributed by atoms with van der Waals surface area (Å²) in [5, 5.41) is 19.8. The van der Waals surface area contributed by atoms with E-state index in [1.807, 2.05) is 0 Å². The molecule has 1 aromatic heterocycles. The SMILES string of the molecule is COCc1cc(=O)c(O)c(C(CC(=O)OC)c2cccc(O)c2)o1. The van der Waals surface area contributed by atoms with Gasteiger partial charge in [0.15, 0.2) is 5.76 Å². The molecule has 2 rings (SSSR count). The molecule has 0 aliphatic rings. The Hall–Kier alpha value is -2.80. The molecule has 1 heterocycles. The lowest BCUT2D eigenvalue weighted by Crippen LogP contribution is -2.14. The molecule has 1 aromatic carbocycles. The summed E-state index contributed by atoms with van der Waals surface area (Å²) in [6, 6.07) is 7.25. The summed E-state index contributed by atoms with van der Waals surface area (Å²) in [6.45, 7) is 0.0352. The second-order valence-corrected chi connectivity index (χ2v) is 5.15.